The molecule has 0 saturated carbocycles. The van der Waals surface area contributed by atoms with E-state index < -0.39 is 41.8 Å². The first-order chi connectivity index (χ1) is 12.7. The highest BCUT2D eigenvalue weighted by Crippen LogP contribution is 2.28. The summed E-state index contributed by atoms with van der Waals surface area (Å²) in [6.45, 7) is 4.31. The number of urea groups is 1. The summed E-state index contributed by atoms with van der Waals surface area (Å²) in [6, 6.07) is 3.94. The Labute approximate surface area is 153 Å². The van der Waals surface area contributed by atoms with Gasteiger partial charge in [0.1, 0.15) is 23.9 Å². The van der Waals surface area contributed by atoms with E-state index in [2.05, 4.69) is 20.8 Å². The van der Waals surface area contributed by atoms with E-state index in [0.717, 1.165) is 4.90 Å². The van der Waals surface area contributed by atoms with Crippen molar-refractivity contribution in [3.8, 4) is 0 Å². The number of carbonyl (C=O) groups excluding carboxylic acids is 3. The highest BCUT2D eigenvalue weighted by Gasteiger charge is 2.49. The van der Waals surface area contributed by atoms with Crippen LogP contribution in [0.5, 0.6) is 0 Å². The number of benzene rings is 1. The first kappa shape index (κ1) is 18.5. The van der Waals surface area contributed by atoms with Gasteiger partial charge in [-0.25, -0.2) is 9.18 Å². The molecule has 1 aliphatic rings. The Morgan fingerprint density at radius 1 is 1.37 bits per heavy atom. The van der Waals surface area contributed by atoms with Crippen LogP contribution in [0.25, 0.3) is 0 Å². The molecule has 1 aromatic heterocycles. The number of hydrogen-bond acceptors (Lipinski definition) is 6. The van der Waals surface area contributed by atoms with Crippen molar-refractivity contribution in [2.24, 2.45) is 0 Å². The number of carbonyl (C=O) groups is 3. The zero-order valence-corrected chi connectivity index (χ0v) is 14.9. The van der Waals surface area contributed by atoms with Crippen LogP contribution in [0.4, 0.5) is 9.18 Å². The third kappa shape index (κ3) is 3.50. The van der Waals surface area contributed by atoms with Crippen LogP contribution in [0.3, 0.4) is 0 Å². The summed E-state index contributed by atoms with van der Waals surface area (Å²) >= 11 is 0. The first-order valence-corrected chi connectivity index (χ1v) is 8.20. The zero-order chi connectivity index (χ0) is 19.8. The van der Waals surface area contributed by atoms with Gasteiger partial charge in [0, 0.05) is 0 Å². The summed E-state index contributed by atoms with van der Waals surface area (Å²) in [7, 11) is 0. The molecule has 2 heterocycles. The molecule has 3 rings (SSSR count). The SMILES string of the molecule is Cc1noc(C(C)NC(=O)CN2C(=O)NC(C)(c3ccc(F)cc3)C2=O)n1. The number of imide groups is 1. The van der Waals surface area contributed by atoms with Gasteiger partial charge in [-0.3, -0.25) is 14.5 Å². The number of aryl methyl sites for hydroxylation is 1. The molecule has 1 aromatic carbocycles. The summed E-state index contributed by atoms with van der Waals surface area (Å²) in [5.74, 6) is -0.981. The summed E-state index contributed by atoms with van der Waals surface area (Å²) in [6.07, 6.45) is 0. The Bertz CT molecular complexity index is 897. The summed E-state index contributed by atoms with van der Waals surface area (Å²) in [5.41, 5.74) is -0.958. The molecular formula is C17H18FN5O4. The Kier molecular flexibility index (Phi) is 4.64. The third-order valence-corrected chi connectivity index (χ3v) is 4.29. The maximum Gasteiger partial charge on any atom is 0.325 e. The van der Waals surface area contributed by atoms with Crippen LogP contribution in [-0.4, -0.2) is 39.4 Å². The van der Waals surface area contributed by atoms with E-state index >= 15 is 0 Å². The van der Waals surface area contributed by atoms with E-state index in [1.807, 2.05) is 0 Å². The maximum absolute atomic E-state index is 13.1. The van der Waals surface area contributed by atoms with Gasteiger partial charge < -0.3 is 15.2 Å². The molecule has 1 aliphatic heterocycles. The monoisotopic (exact) mass is 375 g/mol. The molecule has 0 spiro atoms. The molecule has 1 fully saturated rings. The topological polar surface area (TPSA) is 117 Å². The van der Waals surface area contributed by atoms with Crippen molar-refractivity contribution in [2.75, 3.05) is 6.54 Å². The normalized spacial score (nSPS) is 20.5. The van der Waals surface area contributed by atoms with Crippen molar-refractivity contribution < 1.29 is 23.3 Å². The van der Waals surface area contributed by atoms with Gasteiger partial charge in [-0.05, 0) is 38.5 Å². The molecule has 2 aromatic rings. The average Bonchev–Trinajstić information content (AvgIpc) is 3.13. The zero-order valence-electron chi connectivity index (χ0n) is 14.9. The lowest BCUT2D eigenvalue weighted by Crippen LogP contribution is -2.43. The quantitative estimate of drug-likeness (QED) is 0.758. The predicted molar refractivity (Wildman–Crippen MR) is 89.6 cm³/mol. The van der Waals surface area contributed by atoms with Gasteiger partial charge >= 0.3 is 6.03 Å². The van der Waals surface area contributed by atoms with Crippen LogP contribution >= 0.6 is 0 Å². The largest absolute Gasteiger partial charge is 0.343 e. The molecule has 142 valence electrons. The molecule has 9 nitrogen and oxygen atoms in total. The van der Waals surface area contributed by atoms with Crippen LogP contribution in [0.2, 0.25) is 0 Å². The average molecular weight is 375 g/mol. The number of aromatic nitrogens is 2. The van der Waals surface area contributed by atoms with Gasteiger partial charge in [-0.2, -0.15) is 4.98 Å². The van der Waals surface area contributed by atoms with Gasteiger partial charge in [0.2, 0.25) is 11.8 Å². The van der Waals surface area contributed by atoms with E-state index in [0.29, 0.717) is 11.4 Å². The van der Waals surface area contributed by atoms with E-state index in [-0.39, 0.29) is 5.89 Å². The van der Waals surface area contributed by atoms with Crippen molar-refractivity contribution >= 4 is 17.8 Å². The lowest BCUT2D eigenvalue weighted by Gasteiger charge is -2.22. The van der Waals surface area contributed by atoms with E-state index in [9.17, 15) is 18.8 Å². The molecule has 1 saturated heterocycles. The van der Waals surface area contributed by atoms with Crippen molar-refractivity contribution in [2.45, 2.75) is 32.4 Å². The van der Waals surface area contributed by atoms with Crippen molar-refractivity contribution in [3.05, 3.63) is 47.4 Å². The molecule has 2 N–H and O–H groups in total. The Morgan fingerprint density at radius 2 is 2.04 bits per heavy atom. The number of halogens is 1. The number of nitrogens with zero attached hydrogens (tertiary/aromatic N) is 3. The van der Waals surface area contributed by atoms with Crippen LogP contribution < -0.4 is 10.6 Å². The van der Waals surface area contributed by atoms with Crippen LogP contribution in [0.15, 0.2) is 28.8 Å². The van der Waals surface area contributed by atoms with E-state index in [1.54, 1.807) is 13.8 Å². The Morgan fingerprint density at radius 3 is 2.63 bits per heavy atom. The fourth-order valence-electron chi connectivity index (χ4n) is 2.80. The lowest BCUT2D eigenvalue weighted by molar-refractivity contribution is -0.135. The van der Waals surface area contributed by atoms with Gasteiger partial charge in [-0.15, -0.1) is 0 Å². The fraction of sp³-hybridized carbons (Fsp3) is 0.353. The van der Waals surface area contributed by atoms with E-state index in [4.69, 9.17) is 4.52 Å². The molecule has 2 unspecified atom stereocenters. The lowest BCUT2D eigenvalue weighted by atomic mass is 9.92. The molecule has 0 aliphatic carbocycles. The maximum atomic E-state index is 13.1. The number of nitrogens with one attached hydrogen (secondary N) is 2. The summed E-state index contributed by atoms with van der Waals surface area (Å²) < 4.78 is 18.1. The minimum Gasteiger partial charge on any atom is -0.343 e. The third-order valence-electron chi connectivity index (χ3n) is 4.29. The molecule has 2 atom stereocenters. The minimum atomic E-state index is -1.37. The van der Waals surface area contributed by atoms with Crippen LogP contribution in [0.1, 0.15) is 37.2 Å². The van der Waals surface area contributed by atoms with Crippen LogP contribution in [-0.2, 0) is 15.1 Å². The first-order valence-electron chi connectivity index (χ1n) is 8.20. The molecule has 0 radical (unpaired) electrons. The highest BCUT2D eigenvalue weighted by molar-refractivity contribution is 6.09. The fourth-order valence-corrected chi connectivity index (χ4v) is 2.80. The second-order valence-corrected chi connectivity index (χ2v) is 6.42. The van der Waals surface area contributed by atoms with Gasteiger partial charge in [0.25, 0.3) is 5.91 Å². The van der Waals surface area contributed by atoms with Crippen LogP contribution in [0, 0.1) is 12.7 Å². The van der Waals surface area contributed by atoms with Crippen molar-refractivity contribution in [3.63, 3.8) is 0 Å². The molecule has 27 heavy (non-hydrogen) atoms. The second-order valence-electron chi connectivity index (χ2n) is 6.42. The standard InChI is InChI=1S/C17H18FN5O4/c1-9(14-20-10(2)22-27-14)19-13(24)8-23-15(25)17(3,21-16(23)26)11-4-6-12(18)7-5-11/h4-7,9H,8H2,1-3H3,(H,19,24)(H,21,26). The van der Waals surface area contributed by atoms with Crippen molar-refractivity contribution in [1.29, 1.82) is 0 Å². The van der Waals surface area contributed by atoms with Crippen molar-refractivity contribution in [1.82, 2.24) is 25.7 Å². The highest BCUT2D eigenvalue weighted by atomic mass is 19.1. The smallest absolute Gasteiger partial charge is 0.325 e. The number of amides is 4. The Hall–Kier alpha value is -3.30. The summed E-state index contributed by atoms with van der Waals surface area (Å²) in [4.78, 5) is 42.1. The molecule has 10 heteroatoms. The number of rotatable bonds is 5. The predicted octanol–water partition coefficient (Wildman–Crippen LogP) is 1.16. The van der Waals surface area contributed by atoms with E-state index in [1.165, 1.54) is 31.2 Å². The summed E-state index contributed by atoms with van der Waals surface area (Å²) in [5, 5.41) is 8.79. The molecule has 4 amide bonds. The van der Waals surface area contributed by atoms with Gasteiger partial charge in [0.15, 0.2) is 5.82 Å². The van der Waals surface area contributed by atoms with Gasteiger partial charge in [-0.1, -0.05) is 17.3 Å². The minimum absolute atomic E-state index is 0.217. The number of hydrogen-bond donors (Lipinski definition) is 2. The molecular weight excluding hydrogens is 357 g/mol. The van der Waals surface area contributed by atoms with Gasteiger partial charge in [0.05, 0.1) is 0 Å². The Balaban J connectivity index is 1.70. The second kappa shape index (κ2) is 6.78. The molecule has 0 bridgehead atoms.